The van der Waals surface area contributed by atoms with Gasteiger partial charge in [0.25, 0.3) is 5.91 Å². The number of aryl methyl sites for hydroxylation is 1. The highest BCUT2D eigenvalue weighted by atomic mass is 32.1. The van der Waals surface area contributed by atoms with Gasteiger partial charge in [0.05, 0.1) is 36.2 Å². The zero-order chi connectivity index (χ0) is 17.9. The smallest absolute Gasteiger partial charge is 0.274 e. The minimum atomic E-state index is -0.245. The molecule has 1 fully saturated rings. The molecule has 1 amide bonds. The number of nitrogens with zero attached hydrogens (tertiary/aromatic N) is 5. The number of anilines is 2. The summed E-state index contributed by atoms with van der Waals surface area (Å²) in [5.41, 5.74) is 1.81. The average molecular weight is 370 g/mol. The van der Waals surface area contributed by atoms with E-state index in [4.69, 9.17) is 4.74 Å². The molecule has 9 heteroatoms. The highest BCUT2D eigenvalue weighted by Gasteiger charge is 2.17. The highest BCUT2D eigenvalue weighted by Crippen LogP contribution is 2.24. The second kappa shape index (κ2) is 7.22. The molecule has 0 aromatic carbocycles. The Morgan fingerprint density at radius 1 is 1.27 bits per heavy atom. The summed E-state index contributed by atoms with van der Waals surface area (Å²) in [6.45, 7) is 2.89. The van der Waals surface area contributed by atoms with Gasteiger partial charge in [0.1, 0.15) is 11.4 Å². The predicted molar refractivity (Wildman–Crippen MR) is 99.5 cm³/mol. The van der Waals surface area contributed by atoms with E-state index in [1.807, 2.05) is 17.5 Å². The van der Waals surface area contributed by atoms with Gasteiger partial charge in [0, 0.05) is 20.1 Å². The van der Waals surface area contributed by atoms with Crippen molar-refractivity contribution in [1.82, 2.24) is 19.7 Å². The van der Waals surface area contributed by atoms with E-state index in [1.54, 1.807) is 41.5 Å². The first-order valence-corrected chi connectivity index (χ1v) is 9.13. The van der Waals surface area contributed by atoms with Gasteiger partial charge >= 0.3 is 0 Å². The summed E-state index contributed by atoms with van der Waals surface area (Å²) in [6, 6.07) is 5.72. The molecule has 3 aromatic rings. The van der Waals surface area contributed by atoms with E-state index in [0.29, 0.717) is 30.5 Å². The molecule has 0 unspecified atom stereocenters. The minimum absolute atomic E-state index is 0.245. The highest BCUT2D eigenvalue weighted by molar-refractivity contribution is 7.13. The molecular formula is C17H18N6O2S. The number of aromatic nitrogens is 4. The fraction of sp³-hybridized carbons (Fsp3) is 0.294. The van der Waals surface area contributed by atoms with Crippen molar-refractivity contribution in [1.29, 1.82) is 0 Å². The van der Waals surface area contributed by atoms with Crippen LogP contribution in [0.25, 0.3) is 10.6 Å². The van der Waals surface area contributed by atoms with Crippen LogP contribution in [0.5, 0.6) is 0 Å². The fourth-order valence-electron chi connectivity index (χ4n) is 2.73. The largest absolute Gasteiger partial charge is 0.378 e. The topological polar surface area (TPSA) is 85.2 Å². The summed E-state index contributed by atoms with van der Waals surface area (Å²) in [7, 11) is 1.75. The van der Waals surface area contributed by atoms with Gasteiger partial charge in [-0.05, 0) is 17.5 Å². The van der Waals surface area contributed by atoms with E-state index in [-0.39, 0.29) is 5.91 Å². The Balaban J connectivity index is 1.46. The van der Waals surface area contributed by atoms with Crippen molar-refractivity contribution < 1.29 is 9.53 Å². The zero-order valence-corrected chi connectivity index (χ0v) is 15.1. The molecule has 0 atom stereocenters. The molecular weight excluding hydrogens is 352 g/mol. The molecule has 0 aliphatic carbocycles. The van der Waals surface area contributed by atoms with Crippen molar-refractivity contribution >= 4 is 28.9 Å². The predicted octanol–water partition coefficient (Wildman–Crippen LogP) is 2.03. The van der Waals surface area contributed by atoms with Crippen LogP contribution >= 0.6 is 11.3 Å². The molecule has 3 aromatic heterocycles. The number of carbonyl (C=O) groups is 1. The van der Waals surface area contributed by atoms with Crippen molar-refractivity contribution in [2.45, 2.75) is 0 Å². The monoisotopic (exact) mass is 370 g/mol. The van der Waals surface area contributed by atoms with Gasteiger partial charge in [-0.25, -0.2) is 9.97 Å². The van der Waals surface area contributed by atoms with E-state index < -0.39 is 0 Å². The number of morpholine rings is 1. The van der Waals surface area contributed by atoms with Gasteiger partial charge in [-0.1, -0.05) is 6.07 Å². The molecule has 4 rings (SSSR count). The van der Waals surface area contributed by atoms with Crippen molar-refractivity contribution in [3.63, 3.8) is 0 Å². The van der Waals surface area contributed by atoms with Crippen LogP contribution in [0.2, 0.25) is 0 Å². The number of rotatable bonds is 4. The standard InChI is InChI=1S/C17H18N6O2S/c1-22-14(9-13(21-22)15-3-2-8-26-15)16(24)20-12-10-18-17(19-11-12)23-4-6-25-7-5-23/h2-3,8-11H,4-7H2,1H3,(H,20,24). The molecule has 8 nitrogen and oxygen atoms in total. The van der Waals surface area contributed by atoms with E-state index >= 15 is 0 Å². The lowest BCUT2D eigenvalue weighted by molar-refractivity contribution is 0.101. The Morgan fingerprint density at radius 2 is 2.04 bits per heavy atom. The molecule has 0 spiro atoms. The van der Waals surface area contributed by atoms with Crippen LogP contribution in [0, 0.1) is 0 Å². The molecule has 1 saturated heterocycles. The second-order valence-corrected chi connectivity index (χ2v) is 6.79. The van der Waals surface area contributed by atoms with Crippen LogP contribution in [0.15, 0.2) is 36.0 Å². The van der Waals surface area contributed by atoms with Crippen LogP contribution < -0.4 is 10.2 Å². The van der Waals surface area contributed by atoms with Crippen LogP contribution in [0.4, 0.5) is 11.6 Å². The number of carbonyl (C=O) groups excluding carboxylic acids is 1. The van der Waals surface area contributed by atoms with E-state index in [2.05, 4.69) is 25.3 Å². The quantitative estimate of drug-likeness (QED) is 0.756. The lowest BCUT2D eigenvalue weighted by Crippen LogP contribution is -2.37. The van der Waals surface area contributed by atoms with E-state index in [0.717, 1.165) is 23.7 Å². The number of ether oxygens (including phenoxy) is 1. The van der Waals surface area contributed by atoms with Gasteiger partial charge in [-0.15, -0.1) is 11.3 Å². The minimum Gasteiger partial charge on any atom is -0.378 e. The lowest BCUT2D eigenvalue weighted by Gasteiger charge is -2.26. The Labute approximate surface area is 154 Å². The van der Waals surface area contributed by atoms with E-state index in [1.165, 1.54) is 0 Å². The first-order valence-electron chi connectivity index (χ1n) is 8.25. The summed E-state index contributed by atoms with van der Waals surface area (Å²) in [4.78, 5) is 24.3. The molecule has 0 bridgehead atoms. The van der Waals surface area contributed by atoms with Crippen molar-refractivity contribution in [3.8, 4) is 10.6 Å². The van der Waals surface area contributed by atoms with Crippen LogP contribution in [-0.4, -0.2) is 52.0 Å². The molecule has 4 heterocycles. The first-order chi connectivity index (χ1) is 12.7. The normalized spacial score (nSPS) is 14.4. The number of thiophene rings is 1. The number of hydrogen-bond donors (Lipinski definition) is 1. The van der Waals surface area contributed by atoms with Crippen LogP contribution in [0.3, 0.4) is 0 Å². The second-order valence-electron chi connectivity index (χ2n) is 5.84. The Hall–Kier alpha value is -2.78. The first kappa shape index (κ1) is 16.7. The van der Waals surface area contributed by atoms with Crippen LogP contribution in [0.1, 0.15) is 10.5 Å². The van der Waals surface area contributed by atoms with Gasteiger partial charge in [-0.3, -0.25) is 9.48 Å². The van der Waals surface area contributed by atoms with Gasteiger partial charge in [-0.2, -0.15) is 5.10 Å². The fourth-order valence-corrected chi connectivity index (χ4v) is 3.41. The van der Waals surface area contributed by atoms with Gasteiger partial charge in [0.15, 0.2) is 0 Å². The molecule has 0 radical (unpaired) electrons. The average Bonchev–Trinajstić information content (AvgIpc) is 3.32. The van der Waals surface area contributed by atoms with Gasteiger partial charge in [0.2, 0.25) is 5.95 Å². The maximum atomic E-state index is 12.6. The third-order valence-electron chi connectivity index (χ3n) is 4.08. The summed E-state index contributed by atoms with van der Waals surface area (Å²) in [5.74, 6) is 0.400. The number of nitrogens with one attached hydrogen (secondary N) is 1. The molecule has 1 aliphatic heterocycles. The summed E-state index contributed by atoms with van der Waals surface area (Å²) < 4.78 is 6.90. The Kier molecular flexibility index (Phi) is 4.63. The summed E-state index contributed by atoms with van der Waals surface area (Å²) in [6.07, 6.45) is 3.23. The SMILES string of the molecule is Cn1nc(-c2cccs2)cc1C(=O)Nc1cnc(N2CCOCC2)nc1. The Morgan fingerprint density at radius 3 is 2.73 bits per heavy atom. The molecule has 134 valence electrons. The lowest BCUT2D eigenvalue weighted by atomic mass is 10.3. The maximum absolute atomic E-state index is 12.6. The van der Waals surface area contributed by atoms with Crippen LogP contribution in [-0.2, 0) is 11.8 Å². The number of amides is 1. The Bertz CT molecular complexity index is 885. The number of hydrogen-bond acceptors (Lipinski definition) is 7. The third kappa shape index (κ3) is 3.44. The van der Waals surface area contributed by atoms with Crippen molar-refractivity contribution in [2.24, 2.45) is 7.05 Å². The van der Waals surface area contributed by atoms with Crippen molar-refractivity contribution in [3.05, 3.63) is 41.7 Å². The third-order valence-corrected chi connectivity index (χ3v) is 4.97. The van der Waals surface area contributed by atoms with E-state index in [9.17, 15) is 4.79 Å². The maximum Gasteiger partial charge on any atom is 0.274 e. The zero-order valence-electron chi connectivity index (χ0n) is 14.3. The molecule has 1 aliphatic rings. The molecule has 0 saturated carbocycles. The summed E-state index contributed by atoms with van der Waals surface area (Å²) >= 11 is 1.59. The summed E-state index contributed by atoms with van der Waals surface area (Å²) in [5, 5.41) is 9.21. The molecule has 26 heavy (non-hydrogen) atoms. The van der Waals surface area contributed by atoms with Crippen molar-refractivity contribution in [2.75, 3.05) is 36.5 Å². The van der Waals surface area contributed by atoms with Gasteiger partial charge < -0.3 is 15.0 Å². The molecule has 1 N–H and O–H groups in total.